The zero-order valence-electron chi connectivity index (χ0n) is 29.9. The number of nitrogens with zero attached hydrogens (tertiary/aromatic N) is 1. The molecule has 0 aromatic heterocycles. The van der Waals surface area contributed by atoms with E-state index in [4.69, 9.17) is 18.9 Å². The second-order valence-corrected chi connectivity index (χ2v) is 12.9. The first kappa shape index (κ1) is 34.8. The van der Waals surface area contributed by atoms with Gasteiger partial charge in [-0.25, -0.2) is 9.59 Å². The Kier molecular flexibility index (Phi) is 9.04. The van der Waals surface area contributed by atoms with E-state index in [-0.39, 0.29) is 17.0 Å². The van der Waals surface area contributed by atoms with Gasteiger partial charge in [0.15, 0.2) is 6.29 Å². The van der Waals surface area contributed by atoms with E-state index in [2.05, 4.69) is 0 Å². The number of carbonyl (C=O) groups excluding carboxylic acids is 4. The Bertz CT molecular complexity index is 2510. The second-order valence-electron chi connectivity index (χ2n) is 12.9. The van der Waals surface area contributed by atoms with Crippen molar-refractivity contribution in [1.29, 1.82) is 0 Å². The molecule has 0 fully saturated rings. The number of hydrogen-bond donors (Lipinski definition) is 0. The lowest BCUT2D eigenvalue weighted by Gasteiger charge is -2.40. The zero-order valence-corrected chi connectivity index (χ0v) is 29.9. The third-order valence-corrected chi connectivity index (χ3v) is 9.76. The predicted octanol–water partition coefficient (Wildman–Crippen LogP) is 9.74. The van der Waals surface area contributed by atoms with Gasteiger partial charge in [-0.1, -0.05) is 67.6 Å². The molecule has 1 unspecified atom stereocenters. The molecule has 2 aliphatic heterocycles. The van der Waals surface area contributed by atoms with Crippen molar-refractivity contribution in [2.45, 2.75) is 18.9 Å². The summed E-state index contributed by atoms with van der Waals surface area (Å²) in [4.78, 5) is 52.5. The van der Waals surface area contributed by atoms with E-state index in [1.807, 2.05) is 109 Å². The SMILES string of the molecule is CCC=C(OC)c1ccc(Oc2ccc(C3(c4ccc(Oc5ccc6c(c5)C(=O)OC6=O)cc4)c4ccccc4C(=O)N3c3ccccc3)cc2)cc1C=O. The number of esters is 2. The lowest BCUT2D eigenvalue weighted by molar-refractivity contribution is 0.0443. The number of benzene rings is 6. The van der Waals surface area contributed by atoms with Crippen molar-refractivity contribution in [2.24, 2.45) is 0 Å². The van der Waals surface area contributed by atoms with Gasteiger partial charge in [-0.2, -0.15) is 0 Å². The average molecular weight is 728 g/mol. The van der Waals surface area contributed by atoms with E-state index in [0.29, 0.717) is 51.1 Å². The highest BCUT2D eigenvalue weighted by Crippen LogP contribution is 2.51. The van der Waals surface area contributed by atoms with Crippen LogP contribution in [0.3, 0.4) is 0 Å². The maximum Gasteiger partial charge on any atom is 0.347 e. The quantitative estimate of drug-likeness (QED) is 0.0562. The van der Waals surface area contributed by atoms with Gasteiger partial charge in [0.2, 0.25) is 0 Å². The summed E-state index contributed by atoms with van der Waals surface area (Å²) in [6, 6.07) is 42.0. The largest absolute Gasteiger partial charge is 0.496 e. The molecular formula is C46H33NO8. The number of para-hydroxylation sites is 1. The smallest absolute Gasteiger partial charge is 0.347 e. The number of carbonyl (C=O) groups is 4. The molecule has 0 radical (unpaired) electrons. The van der Waals surface area contributed by atoms with Gasteiger partial charge in [-0.15, -0.1) is 0 Å². The Morgan fingerprint density at radius 2 is 1.24 bits per heavy atom. The minimum absolute atomic E-state index is 0.149. The van der Waals surface area contributed by atoms with E-state index < -0.39 is 17.5 Å². The molecule has 6 aromatic carbocycles. The summed E-state index contributed by atoms with van der Waals surface area (Å²) in [6.45, 7) is 2.00. The average Bonchev–Trinajstić information content (AvgIpc) is 3.66. The molecule has 55 heavy (non-hydrogen) atoms. The second kappa shape index (κ2) is 14.3. The molecule has 6 aromatic rings. The van der Waals surface area contributed by atoms with Crippen LogP contribution in [-0.2, 0) is 15.0 Å². The maximum absolute atomic E-state index is 14.5. The van der Waals surface area contributed by atoms with Crippen LogP contribution in [0.1, 0.15) is 77.0 Å². The van der Waals surface area contributed by atoms with Crippen molar-refractivity contribution in [3.05, 3.63) is 190 Å². The van der Waals surface area contributed by atoms with E-state index >= 15 is 0 Å². The van der Waals surface area contributed by atoms with Crippen molar-refractivity contribution in [2.75, 3.05) is 12.0 Å². The monoisotopic (exact) mass is 727 g/mol. The number of anilines is 1. The highest BCUT2D eigenvalue weighted by molar-refractivity contribution is 6.15. The summed E-state index contributed by atoms with van der Waals surface area (Å²) in [5, 5.41) is 0. The fourth-order valence-electron chi connectivity index (χ4n) is 7.35. The Labute approximate surface area is 317 Å². The molecule has 8 rings (SSSR count). The fraction of sp³-hybridized carbons (Fsp3) is 0.0870. The topological polar surface area (TPSA) is 108 Å². The predicted molar refractivity (Wildman–Crippen MR) is 206 cm³/mol. The van der Waals surface area contributed by atoms with Crippen molar-refractivity contribution < 1.29 is 38.1 Å². The normalized spacial score (nSPS) is 16.0. The molecule has 2 aliphatic rings. The molecule has 0 saturated heterocycles. The number of ether oxygens (including phenoxy) is 4. The van der Waals surface area contributed by atoms with E-state index in [1.54, 1.807) is 43.5 Å². The van der Waals surface area contributed by atoms with E-state index in [9.17, 15) is 19.2 Å². The van der Waals surface area contributed by atoms with Crippen LogP contribution < -0.4 is 14.4 Å². The first-order chi connectivity index (χ1) is 26.8. The van der Waals surface area contributed by atoms with Crippen LogP contribution in [0.25, 0.3) is 5.76 Å². The van der Waals surface area contributed by atoms with Crippen LogP contribution >= 0.6 is 0 Å². The molecular weight excluding hydrogens is 695 g/mol. The molecule has 2 heterocycles. The van der Waals surface area contributed by atoms with E-state index in [0.717, 1.165) is 29.4 Å². The van der Waals surface area contributed by atoms with Gasteiger partial charge in [0.05, 0.1) is 18.2 Å². The molecule has 9 heteroatoms. The van der Waals surface area contributed by atoms with Gasteiger partial charge >= 0.3 is 11.9 Å². The number of rotatable bonds is 11. The van der Waals surface area contributed by atoms with Crippen molar-refractivity contribution in [1.82, 2.24) is 0 Å². The molecule has 0 saturated carbocycles. The highest BCUT2D eigenvalue weighted by Gasteiger charge is 2.52. The van der Waals surface area contributed by atoms with Crippen LogP contribution in [0.15, 0.2) is 146 Å². The Balaban J connectivity index is 1.20. The molecule has 1 amide bonds. The first-order valence-electron chi connectivity index (χ1n) is 17.7. The molecule has 0 bridgehead atoms. The van der Waals surface area contributed by atoms with Gasteiger partial charge in [-0.3, -0.25) is 14.5 Å². The summed E-state index contributed by atoms with van der Waals surface area (Å²) >= 11 is 0. The van der Waals surface area contributed by atoms with Gasteiger partial charge in [0.1, 0.15) is 34.3 Å². The lowest BCUT2D eigenvalue weighted by atomic mass is 9.76. The van der Waals surface area contributed by atoms with Crippen molar-refractivity contribution in [3.63, 3.8) is 0 Å². The van der Waals surface area contributed by atoms with Crippen molar-refractivity contribution in [3.8, 4) is 23.0 Å². The molecule has 0 aliphatic carbocycles. The zero-order chi connectivity index (χ0) is 38.1. The number of amides is 1. The third kappa shape index (κ3) is 6.01. The van der Waals surface area contributed by atoms with Gasteiger partial charge in [-0.05, 0) is 108 Å². The Morgan fingerprint density at radius 3 is 1.87 bits per heavy atom. The van der Waals surface area contributed by atoms with Crippen LogP contribution in [0, 0.1) is 0 Å². The number of cyclic esters (lactones) is 2. The van der Waals surface area contributed by atoms with Gasteiger partial charge < -0.3 is 18.9 Å². The van der Waals surface area contributed by atoms with Gasteiger partial charge in [0.25, 0.3) is 5.91 Å². The van der Waals surface area contributed by atoms with Crippen LogP contribution in [0.4, 0.5) is 5.69 Å². The number of fused-ring (bicyclic) bond motifs is 2. The Morgan fingerprint density at radius 1 is 0.655 bits per heavy atom. The summed E-state index contributed by atoms with van der Waals surface area (Å²) < 4.78 is 22.6. The van der Waals surface area contributed by atoms with Gasteiger partial charge in [0, 0.05) is 22.4 Å². The highest BCUT2D eigenvalue weighted by atomic mass is 16.6. The number of hydrogen-bond acceptors (Lipinski definition) is 8. The van der Waals surface area contributed by atoms with E-state index in [1.165, 1.54) is 12.1 Å². The molecule has 1 atom stereocenters. The summed E-state index contributed by atoms with van der Waals surface area (Å²) in [7, 11) is 1.58. The van der Waals surface area contributed by atoms with Crippen LogP contribution in [0.5, 0.6) is 23.0 Å². The summed E-state index contributed by atoms with van der Waals surface area (Å²) in [5.74, 6) is 0.923. The van der Waals surface area contributed by atoms with Crippen LogP contribution in [-0.4, -0.2) is 31.2 Å². The lowest BCUT2D eigenvalue weighted by Crippen LogP contribution is -2.46. The van der Waals surface area contributed by atoms with Crippen LogP contribution in [0.2, 0.25) is 0 Å². The number of allylic oxidation sites excluding steroid dienone is 1. The molecule has 0 N–H and O–H groups in total. The fourth-order valence-corrected chi connectivity index (χ4v) is 7.35. The summed E-state index contributed by atoms with van der Waals surface area (Å²) in [5.41, 5.74) is 4.02. The maximum atomic E-state index is 14.5. The minimum Gasteiger partial charge on any atom is -0.496 e. The van der Waals surface area contributed by atoms with Crippen molar-refractivity contribution >= 4 is 35.6 Å². The number of aldehydes is 1. The third-order valence-electron chi connectivity index (χ3n) is 9.76. The molecule has 9 nitrogen and oxygen atoms in total. The molecule has 270 valence electrons. The minimum atomic E-state index is -1.11. The first-order valence-corrected chi connectivity index (χ1v) is 17.7. The molecule has 0 spiro atoms. The standard InChI is InChI=1S/C46H33NO8/c1-3-9-42(52-2)37-24-22-35(26-29(37)28-48)53-33-18-14-30(15-19-33)46(41-13-8-7-12-39(41)43(49)47(46)32-10-5-4-6-11-32)31-16-20-34(21-17-31)54-36-23-25-38-40(27-36)45(51)55-44(38)50/h4-28H,3H2,1-2H3. The summed E-state index contributed by atoms with van der Waals surface area (Å²) in [6.07, 6.45) is 3.45. The number of methoxy groups -OCH3 is 1. The Hall–Kier alpha value is -7.26.